The Kier molecular flexibility index (Phi) is 4.75. The summed E-state index contributed by atoms with van der Waals surface area (Å²) in [5.74, 6) is 0.361. The number of nitrogens with two attached hydrogens (primary N) is 1. The van der Waals surface area contributed by atoms with Gasteiger partial charge in [0.1, 0.15) is 11.5 Å². The average molecular weight is 378 g/mol. The topological polar surface area (TPSA) is 101 Å². The molecular weight excluding hydrogens is 352 g/mol. The van der Waals surface area contributed by atoms with E-state index in [1.807, 2.05) is 50.8 Å². The van der Waals surface area contributed by atoms with Gasteiger partial charge in [-0.2, -0.15) is 0 Å². The van der Waals surface area contributed by atoms with Crippen LogP contribution >= 0.6 is 0 Å². The highest BCUT2D eigenvalue weighted by molar-refractivity contribution is 6.01. The number of rotatable bonds is 6. The zero-order chi connectivity index (χ0) is 19.8. The SMILES string of the molecule is CN(C)CCc1c[nH]c2ccc(-c3ccc4[nH]cc(CCN)c4c3O)c(O)c12. The minimum Gasteiger partial charge on any atom is -0.507 e. The zero-order valence-electron chi connectivity index (χ0n) is 16.2. The number of benzene rings is 2. The largest absolute Gasteiger partial charge is 0.507 e. The summed E-state index contributed by atoms with van der Waals surface area (Å²) in [5, 5.41) is 23.7. The molecule has 0 bridgehead atoms. The number of H-pyrrole nitrogens is 2. The van der Waals surface area contributed by atoms with Gasteiger partial charge in [0.15, 0.2) is 0 Å². The van der Waals surface area contributed by atoms with Crippen molar-refractivity contribution in [1.82, 2.24) is 14.9 Å². The highest BCUT2D eigenvalue weighted by atomic mass is 16.3. The number of phenolic OH excluding ortho intramolecular Hbond substituents is 2. The number of hydrogen-bond donors (Lipinski definition) is 5. The van der Waals surface area contributed by atoms with Crippen molar-refractivity contribution in [2.45, 2.75) is 12.8 Å². The van der Waals surface area contributed by atoms with Crippen LogP contribution in [0.1, 0.15) is 11.1 Å². The van der Waals surface area contributed by atoms with E-state index < -0.39 is 0 Å². The fourth-order valence-electron chi connectivity index (χ4n) is 3.88. The monoisotopic (exact) mass is 378 g/mol. The van der Waals surface area contributed by atoms with E-state index in [0.717, 1.165) is 45.9 Å². The number of phenols is 2. The summed E-state index contributed by atoms with van der Waals surface area (Å²) in [4.78, 5) is 8.53. The van der Waals surface area contributed by atoms with Crippen molar-refractivity contribution >= 4 is 21.8 Å². The Hall–Kier alpha value is -2.96. The number of likely N-dealkylation sites (N-methyl/N-ethyl adjacent to an activating group) is 1. The first-order valence-electron chi connectivity index (χ1n) is 9.50. The molecule has 0 unspecified atom stereocenters. The van der Waals surface area contributed by atoms with Crippen molar-refractivity contribution in [3.05, 3.63) is 47.8 Å². The molecule has 0 saturated carbocycles. The normalized spacial score (nSPS) is 11.9. The van der Waals surface area contributed by atoms with E-state index in [-0.39, 0.29) is 11.5 Å². The lowest BCUT2D eigenvalue weighted by molar-refractivity contribution is 0.414. The second-order valence-electron chi connectivity index (χ2n) is 7.49. The number of nitrogens with one attached hydrogen (secondary N) is 2. The third-order valence-corrected chi connectivity index (χ3v) is 5.33. The lowest BCUT2D eigenvalue weighted by atomic mass is 9.96. The summed E-state index contributed by atoms with van der Waals surface area (Å²) in [6, 6.07) is 7.57. The fraction of sp³-hybridized carbons (Fsp3) is 0.273. The van der Waals surface area contributed by atoms with Gasteiger partial charge >= 0.3 is 0 Å². The molecule has 2 aromatic carbocycles. The molecule has 0 radical (unpaired) electrons. The number of aromatic amines is 2. The Morgan fingerprint density at radius 3 is 1.79 bits per heavy atom. The maximum Gasteiger partial charge on any atom is 0.133 e. The molecule has 2 heterocycles. The fourth-order valence-corrected chi connectivity index (χ4v) is 3.88. The van der Waals surface area contributed by atoms with Gasteiger partial charge in [0, 0.05) is 51.9 Å². The molecule has 0 spiro atoms. The lowest BCUT2D eigenvalue weighted by Gasteiger charge is -2.12. The number of nitrogens with zero attached hydrogens (tertiary/aromatic N) is 1. The average Bonchev–Trinajstić information content (AvgIpc) is 3.27. The number of hydrogen-bond acceptors (Lipinski definition) is 4. The van der Waals surface area contributed by atoms with Crippen molar-refractivity contribution in [2.24, 2.45) is 5.73 Å². The van der Waals surface area contributed by atoms with Crippen LogP contribution in [-0.2, 0) is 12.8 Å². The molecule has 6 nitrogen and oxygen atoms in total. The van der Waals surface area contributed by atoms with Crippen LogP contribution in [0.2, 0.25) is 0 Å². The molecule has 0 aliphatic heterocycles. The van der Waals surface area contributed by atoms with E-state index in [4.69, 9.17) is 5.73 Å². The second-order valence-corrected chi connectivity index (χ2v) is 7.49. The van der Waals surface area contributed by atoms with Gasteiger partial charge in [-0.3, -0.25) is 0 Å². The van der Waals surface area contributed by atoms with Crippen molar-refractivity contribution in [3.63, 3.8) is 0 Å². The van der Waals surface area contributed by atoms with E-state index in [1.54, 1.807) is 0 Å². The number of aromatic hydroxyl groups is 2. The third-order valence-electron chi connectivity index (χ3n) is 5.33. The Bertz CT molecular complexity index is 1140. The quantitative estimate of drug-likeness (QED) is 0.355. The highest BCUT2D eigenvalue weighted by Crippen LogP contribution is 2.44. The van der Waals surface area contributed by atoms with Gasteiger partial charge in [-0.1, -0.05) is 0 Å². The molecule has 0 fully saturated rings. The molecule has 0 aliphatic rings. The maximum atomic E-state index is 11.1. The zero-order valence-corrected chi connectivity index (χ0v) is 16.2. The van der Waals surface area contributed by atoms with Crippen molar-refractivity contribution in [3.8, 4) is 22.6 Å². The molecule has 6 N–H and O–H groups in total. The molecule has 4 aromatic rings. The van der Waals surface area contributed by atoms with Gasteiger partial charge in [0.25, 0.3) is 0 Å². The van der Waals surface area contributed by atoms with Crippen LogP contribution in [0, 0.1) is 0 Å². The van der Waals surface area contributed by atoms with Crippen LogP contribution < -0.4 is 5.73 Å². The molecule has 0 atom stereocenters. The minimum atomic E-state index is 0.169. The van der Waals surface area contributed by atoms with E-state index in [2.05, 4.69) is 14.9 Å². The molecule has 2 aromatic heterocycles. The lowest BCUT2D eigenvalue weighted by Crippen LogP contribution is -2.14. The minimum absolute atomic E-state index is 0.169. The summed E-state index contributed by atoms with van der Waals surface area (Å²) < 4.78 is 0. The van der Waals surface area contributed by atoms with Crippen LogP contribution in [0.15, 0.2) is 36.7 Å². The standard InChI is InChI=1S/C22H26N4O2/c1-26(2)10-8-14-12-25-18-6-4-16(22(28)20(14)18)15-3-5-17-19(21(15)27)13(7-9-23)11-24-17/h3-6,11-12,24-25,27-28H,7-10,23H2,1-2H3. The van der Waals surface area contributed by atoms with E-state index in [1.165, 1.54) is 0 Å². The maximum absolute atomic E-state index is 11.1. The first-order chi connectivity index (χ1) is 13.5. The van der Waals surface area contributed by atoms with E-state index in [0.29, 0.717) is 24.1 Å². The molecule has 0 aliphatic carbocycles. The van der Waals surface area contributed by atoms with E-state index >= 15 is 0 Å². The Morgan fingerprint density at radius 1 is 0.821 bits per heavy atom. The van der Waals surface area contributed by atoms with Crippen LogP contribution in [0.5, 0.6) is 11.5 Å². The van der Waals surface area contributed by atoms with Gasteiger partial charge in [-0.25, -0.2) is 0 Å². The molecule has 28 heavy (non-hydrogen) atoms. The summed E-state index contributed by atoms with van der Waals surface area (Å²) in [7, 11) is 4.06. The predicted octanol–water partition coefficient (Wildman–Crippen LogP) is 3.33. The van der Waals surface area contributed by atoms with Crippen molar-refractivity contribution < 1.29 is 10.2 Å². The van der Waals surface area contributed by atoms with Crippen LogP contribution in [0.3, 0.4) is 0 Å². The van der Waals surface area contributed by atoms with Gasteiger partial charge in [0.2, 0.25) is 0 Å². The molecule has 6 heteroatoms. The summed E-state index contributed by atoms with van der Waals surface area (Å²) >= 11 is 0. The number of fused-ring (bicyclic) bond motifs is 2. The Morgan fingerprint density at radius 2 is 1.32 bits per heavy atom. The van der Waals surface area contributed by atoms with Gasteiger partial charge in [-0.15, -0.1) is 0 Å². The summed E-state index contributed by atoms with van der Waals surface area (Å²) in [6.07, 6.45) is 5.34. The van der Waals surface area contributed by atoms with E-state index in [9.17, 15) is 10.2 Å². The molecule has 4 rings (SSSR count). The van der Waals surface area contributed by atoms with Crippen molar-refractivity contribution in [2.75, 3.05) is 27.2 Å². The number of aromatic nitrogens is 2. The molecular formula is C22H26N4O2. The van der Waals surface area contributed by atoms with Gasteiger partial charge in [-0.05, 0) is 68.9 Å². The smallest absolute Gasteiger partial charge is 0.133 e. The highest BCUT2D eigenvalue weighted by Gasteiger charge is 2.18. The Labute approximate surface area is 163 Å². The van der Waals surface area contributed by atoms with Crippen LogP contribution in [0.4, 0.5) is 0 Å². The van der Waals surface area contributed by atoms with Crippen molar-refractivity contribution in [1.29, 1.82) is 0 Å². The molecule has 146 valence electrons. The predicted molar refractivity (Wildman–Crippen MR) is 114 cm³/mol. The first-order valence-corrected chi connectivity index (χ1v) is 9.50. The van der Waals surface area contributed by atoms with Gasteiger partial charge < -0.3 is 30.8 Å². The molecule has 0 amide bonds. The van der Waals surface area contributed by atoms with Crippen LogP contribution in [0.25, 0.3) is 32.9 Å². The third kappa shape index (κ3) is 3.00. The first kappa shape index (κ1) is 18.4. The van der Waals surface area contributed by atoms with Crippen LogP contribution in [-0.4, -0.2) is 52.3 Å². The Balaban J connectivity index is 1.87. The second kappa shape index (κ2) is 7.22. The molecule has 0 saturated heterocycles. The summed E-state index contributed by atoms with van der Waals surface area (Å²) in [5.41, 5.74) is 10.7. The van der Waals surface area contributed by atoms with Gasteiger partial charge in [0.05, 0.1) is 0 Å². The summed E-state index contributed by atoms with van der Waals surface area (Å²) in [6.45, 7) is 1.39.